The van der Waals surface area contributed by atoms with Crippen LogP contribution in [0.2, 0.25) is 0 Å². The van der Waals surface area contributed by atoms with Crippen LogP contribution in [0.15, 0.2) is 42.6 Å². The van der Waals surface area contributed by atoms with Gasteiger partial charge in [0.1, 0.15) is 0 Å². The van der Waals surface area contributed by atoms with Gasteiger partial charge in [-0.25, -0.2) is 0 Å². The van der Waals surface area contributed by atoms with E-state index in [0.717, 1.165) is 17.7 Å². The van der Waals surface area contributed by atoms with E-state index in [1.165, 1.54) is 5.57 Å². The van der Waals surface area contributed by atoms with Crippen molar-refractivity contribution in [2.75, 3.05) is 0 Å². The average molecular weight is 201 g/mol. The predicted octanol–water partition coefficient (Wildman–Crippen LogP) is 4.09. The molecule has 0 aliphatic rings. The molecule has 1 heteroatoms. The number of hydrogen-bond donors (Lipinski definition) is 0. The Kier molecular flexibility index (Phi) is 4.29. The monoisotopic (exact) mass is 201 g/mol. The lowest BCUT2D eigenvalue weighted by Crippen LogP contribution is -1.90. The quantitative estimate of drug-likeness (QED) is 0.669. The SMILES string of the molecule is C=C(/C=C(/C)CC(C)C)c1ccccn1. The second kappa shape index (κ2) is 5.50. The van der Waals surface area contributed by atoms with Gasteiger partial charge in [-0.1, -0.05) is 38.1 Å². The third-order valence-electron chi connectivity index (χ3n) is 2.14. The lowest BCUT2D eigenvalue weighted by atomic mass is 10.0. The first-order valence-corrected chi connectivity index (χ1v) is 5.37. The Morgan fingerprint density at radius 3 is 2.73 bits per heavy atom. The number of pyridine rings is 1. The van der Waals surface area contributed by atoms with E-state index in [1.54, 1.807) is 6.20 Å². The molecule has 0 aliphatic carbocycles. The van der Waals surface area contributed by atoms with Crippen molar-refractivity contribution in [1.82, 2.24) is 4.98 Å². The minimum Gasteiger partial charge on any atom is -0.256 e. The molecule has 0 atom stereocenters. The number of hydrogen-bond acceptors (Lipinski definition) is 1. The Balaban J connectivity index is 2.71. The fourth-order valence-electron chi connectivity index (χ4n) is 1.63. The molecular weight excluding hydrogens is 182 g/mol. The molecule has 0 fully saturated rings. The van der Waals surface area contributed by atoms with E-state index in [1.807, 2.05) is 18.2 Å². The molecule has 0 saturated carbocycles. The number of nitrogens with zero attached hydrogens (tertiary/aromatic N) is 1. The number of aromatic nitrogens is 1. The second-order valence-corrected chi connectivity index (χ2v) is 4.33. The zero-order valence-corrected chi connectivity index (χ0v) is 9.83. The van der Waals surface area contributed by atoms with Crippen LogP contribution in [0.3, 0.4) is 0 Å². The summed E-state index contributed by atoms with van der Waals surface area (Å²) in [6, 6.07) is 5.89. The van der Waals surface area contributed by atoms with Gasteiger partial charge in [0.25, 0.3) is 0 Å². The maximum absolute atomic E-state index is 4.27. The molecule has 1 heterocycles. The minimum absolute atomic E-state index is 0.692. The Hall–Kier alpha value is -1.37. The normalized spacial score (nSPS) is 11.9. The molecule has 1 rings (SSSR count). The zero-order chi connectivity index (χ0) is 11.3. The highest BCUT2D eigenvalue weighted by Crippen LogP contribution is 2.16. The Labute approximate surface area is 92.6 Å². The third kappa shape index (κ3) is 4.11. The molecule has 15 heavy (non-hydrogen) atoms. The van der Waals surface area contributed by atoms with Crippen LogP contribution in [0.1, 0.15) is 32.9 Å². The lowest BCUT2D eigenvalue weighted by Gasteiger charge is -2.06. The van der Waals surface area contributed by atoms with Gasteiger partial charge in [-0.2, -0.15) is 0 Å². The van der Waals surface area contributed by atoms with Gasteiger partial charge in [0, 0.05) is 6.20 Å². The lowest BCUT2D eigenvalue weighted by molar-refractivity contribution is 0.642. The van der Waals surface area contributed by atoms with Crippen LogP contribution in [0.4, 0.5) is 0 Å². The van der Waals surface area contributed by atoms with Crippen molar-refractivity contribution in [2.45, 2.75) is 27.2 Å². The Bertz CT molecular complexity index is 347. The first-order chi connectivity index (χ1) is 7.09. The summed E-state index contributed by atoms with van der Waals surface area (Å²) < 4.78 is 0. The van der Waals surface area contributed by atoms with E-state index < -0.39 is 0 Å². The summed E-state index contributed by atoms with van der Waals surface area (Å²) in [5, 5.41) is 0. The fourth-order valence-corrected chi connectivity index (χ4v) is 1.63. The van der Waals surface area contributed by atoms with Crippen molar-refractivity contribution in [3.63, 3.8) is 0 Å². The van der Waals surface area contributed by atoms with Crippen molar-refractivity contribution < 1.29 is 0 Å². The van der Waals surface area contributed by atoms with E-state index in [9.17, 15) is 0 Å². The molecule has 1 aromatic heterocycles. The maximum Gasteiger partial charge on any atom is 0.0695 e. The molecule has 80 valence electrons. The Morgan fingerprint density at radius 1 is 1.47 bits per heavy atom. The summed E-state index contributed by atoms with van der Waals surface area (Å²) in [7, 11) is 0. The molecule has 0 N–H and O–H groups in total. The predicted molar refractivity (Wildman–Crippen MR) is 66.5 cm³/mol. The van der Waals surface area contributed by atoms with Crippen LogP contribution in [0, 0.1) is 5.92 Å². The highest BCUT2D eigenvalue weighted by Gasteiger charge is 1.99. The van der Waals surface area contributed by atoms with E-state index >= 15 is 0 Å². The van der Waals surface area contributed by atoms with E-state index in [4.69, 9.17) is 0 Å². The summed E-state index contributed by atoms with van der Waals surface area (Å²) in [6.07, 6.45) is 5.04. The highest BCUT2D eigenvalue weighted by molar-refractivity contribution is 5.69. The van der Waals surface area contributed by atoms with Crippen LogP contribution in [-0.2, 0) is 0 Å². The van der Waals surface area contributed by atoms with Gasteiger partial charge in [0.2, 0.25) is 0 Å². The minimum atomic E-state index is 0.692. The average Bonchev–Trinajstić information content (AvgIpc) is 2.17. The van der Waals surface area contributed by atoms with Gasteiger partial charge in [-0.15, -0.1) is 0 Å². The second-order valence-electron chi connectivity index (χ2n) is 4.33. The molecule has 0 radical (unpaired) electrons. The molecular formula is C14H19N. The van der Waals surface area contributed by atoms with Gasteiger partial charge in [-0.05, 0) is 37.0 Å². The molecule has 0 unspecified atom stereocenters. The van der Waals surface area contributed by atoms with Gasteiger partial charge in [-0.3, -0.25) is 4.98 Å². The van der Waals surface area contributed by atoms with Crippen molar-refractivity contribution in [3.05, 3.63) is 48.3 Å². The summed E-state index contributed by atoms with van der Waals surface area (Å²) >= 11 is 0. The molecule has 0 spiro atoms. The van der Waals surface area contributed by atoms with E-state index in [0.29, 0.717) is 5.92 Å². The van der Waals surface area contributed by atoms with Crippen LogP contribution in [-0.4, -0.2) is 4.98 Å². The van der Waals surface area contributed by atoms with Gasteiger partial charge in [0.15, 0.2) is 0 Å². The summed E-state index contributed by atoms with van der Waals surface area (Å²) in [6.45, 7) is 10.6. The van der Waals surface area contributed by atoms with E-state index in [-0.39, 0.29) is 0 Å². The van der Waals surface area contributed by atoms with Crippen molar-refractivity contribution in [3.8, 4) is 0 Å². The highest BCUT2D eigenvalue weighted by atomic mass is 14.7. The number of rotatable bonds is 4. The largest absolute Gasteiger partial charge is 0.256 e. The number of allylic oxidation sites excluding steroid dienone is 3. The standard InChI is InChI=1S/C14H19N/c1-11(2)9-12(3)10-13(4)14-7-5-6-8-15-14/h5-8,10-11H,4,9H2,1-3H3/b12-10-. The van der Waals surface area contributed by atoms with Crippen molar-refractivity contribution in [1.29, 1.82) is 0 Å². The van der Waals surface area contributed by atoms with Crippen LogP contribution in [0.25, 0.3) is 5.57 Å². The molecule has 0 aromatic carbocycles. The summed E-state index contributed by atoms with van der Waals surface area (Å²) in [5.41, 5.74) is 3.31. The smallest absolute Gasteiger partial charge is 0.0695 e. The van der Waals surface area contributed by atoms with Gasteiger partial charge >= 0.3 is 0 Å². The Morgan fingerprint density at radius 2 is 2.20 bits per heavy atom. The van der Waals surface area contributed by atoms with Crippen LogP contribution < -0.4 is 0 Å². The van der Waals surface area contributed by atoms with Gasteiger partial charge < -0.3 is 0 Å². The first kappa shape index (κ1) is 11.7. The zero-order valence-electron chi connectivity index (χ0n) is 9.83. The van der Waals surface area contributed by atoms with E-state index in [2.05, 4.69) is 38.4 Å². The first-order valence-electron chi connectivity index (χ1n) is 5.37. The summed E-state index contributed by atoms with van der Waals surface area (Å²) in [5.74, 6) is 0.692. The van der Waals surface area contributed by atoms with Gasteiger partial charge in [0.05, 0.1) is 5.69 Å². The summed E-state index contributed by atoms with van der Waals surface area (Å²) in [4.78, 5) is 4.27. The fraction of sp³-hybridized carbons (Fsp3) is 0.357. The topological polar surface area (TPSA) is 12.9 Å². The van der Waals surface area contributed by atoms with Crippen molar-refractivity contribution in [2.24, 2.45) is 5.92 Å². The molecule has 0 bridgehead atoms. The molecule has 1 aromatic rings. The third-order valence-corrected chi connectivity index (χ3v) is 2.14. The van der Waals surface area contributed by atoms with Crippen LogP contribution in [0.5, 0.6) is 0 Å². The van der Waals surface area contributed by atoms with Crippen molar-refractivity contribution >= 4 is 5.57 Å². The maximum atomic E-state index is 4.27. The molecule has 0 amide bonds. The molecule has 0 aliphatic heterocycles. The van der Waals surface area contributed by atoms with Crippen LogP contribution >= 0.6 is 0 Å². The molecule has 1 nitrogen and oxygen atoms in total. The molecule has 0 saturated heterocycles.